The molecule has 4 rings (SSSR count). The molecular weight excluding hydrogens is 460 g/mol. The maximum atomic E-state index is 13.4. The van der Waals surface area contributed by atoms with Gasteiger partial charge in [0.15, 0.2) is 28.2 Å². The van der Waals surface area contributed by atoms with E-state index in [0.717, 1.165) is 38.4 Å². The van der Waals surface area contributed by atoms with E-state index in [9.17, 15) is 14.4 Å². The second-order valence-electron chi connectivity index (χ2n) is 13.6. The molecule has 7 atom stereocenters. The summed E-state index contributed by atoms with van der Waals surface area (Å²) in [6, 6.07) is 0. The summed E-state index contributed by atoms with van der Waals surface area (Å²) in [6.07, 6.45) is 8.73. The van der Waals surface area contributed by atoms with Gasteiger partial charge < -0.3 is 13.6 Å². The van der Waals surface area contributed by atoms with E-state index in [1.807, 2.05) is 6.08 Å². The second kappa shape index (κ2) is 8.89. The number of allylic oxidation sites excluding steroid dienone is 1. The van der Waals surface area contributed by atoms with Crippen molar-refractivity contribution < 1.29 is 23.2 Å². The van der Waals surface area contributed by atoms with Crippen LogP contribution in [-0.4, -0.2) is 47.2 Å². The molecule has 0 spiro atoms. The van der Waals surface area contributed by atoms with Crippen LogP contribution in [0.1, 0.15) is 51.9 Å². The van der Waals surface area contributed by atoms with Gasteiger partial charge in [0, 0.05) is 23.9 Å². The van der Waals surface area contributed by atoms with Gasteiger partial charge in [0.2, 0.25) is 0 Å². The van der Waals surface area contributed by atoms with Gasteiger partial charge in [-0.2, -0.15) is 0 Å². The molecule has 1 unspecified atom stereocenters. The largest absolute Gasteiger partial charge is 0.414 e. The normalized spacial score (nSPS) is 40.1. The molecule has 0 amide bonds. The fourth-order valence-corrected chi connectivity index (χ4v) is 9.70. The van der Waals surface area contributed by atoms with Gasteiger partial charge in [0.1, 0.15) is 6.29 Å². The third-order valence-electron chi connectivity index (χ3n) is 9.24. The van der Waals surface area contributed by atoms with Crippen LogP contribution in [0.15, 0.2) is 11.6 Å². The lowest BCUT2D eigenvalue weighted by Crippen LogP contribution is -2.60. The number of hydrogen-bond acceptors (Lipinski definition) is 5. The summed E-state index contributed by atoms with van der Waals surface area (Å²) in [5, 5.41) is 0. The van der Waals surface area contributed by atoms with Crippen molar-refractivity contribution in [2.45, 2.75) is 97.3 Å². The Hall–Kier alpha value is -0.896. The van der Waals surface area contributed by atoms with Gasteiger partial charge in [-0.1, -0.05) is 12.5 Å². The van der Waals surface area contributed by atoms with E-state index in [1.54, 1.807) is 0 Å². The van der Waals surface area contributed by atoms with Crippen molar-refractivity contribution in [3.8, 4) is 0 Å². The Kier molecular flexibility index (Phi) is 6.84. The number of rotatable bonds is 7. The number of Topliss-reactive ketones (excluding diaryl/α,β-unsaturated/α-hetero) is 1. The number of ketones is 2. The van der Waals surface area contributed by atoms with Crippen LogP contribution in [0, 0.1) is 34.5 Å². The Bertz CT molecular complexity index is 884. The topological polar surface area (TPSA) is 69.7 Å². The smallest absolute Gasteiger partial charge is 0.184 e. The van der Waals surface area contributed by atoms with Gasteiger partial charge in [-0.15, -0.1) is 0 Å². The molecule has 0 heterocycles. The lowest BCUT2D eigenvalue weighted by molar-refractivity contribution is -0.154. The fraction of sp³-hybridized carbons (Fsp3) is 0.815. The number of carbonyl (C=O) groups is 3. The summed E-state index contributed by atoms with van der Waals surface area (Å²) >= 11 is 0. The summed E-state index contributed by atoms with van der Waals surface area (Å²) in [5.41, 5.74) is 0.592. The zero-order chi connectivity index (χ0) is 25.1. The highest BCUT2D eigenvalue weighted by atomic mass is 28.4. The standard InChI is InChI=1S/C27H44O5Si2/c1-26-13-12-19(29)14-18(26)8-9-20-21-10-11-22(23(30)16-31-33(2,3)4)27(21,17-28)15-24(25(20)26)32-34(5,6)7/h14,17,20-22,24-25H,8-13,15-16H2,1-7H3/t20-,21-,22+,24?,25+,26-,27+/m0/s1. The molecule has 0 N–H and O–H groups in total. The van der Waals surface area contributed by atoms with E-state index in [1.165, 1.54) is 5.57 Å². The van der Waals surface area contributed by atoms with Gasteiger partial charge in [-0.25, -0.2) is 0 Å². The molecule has 190 valence electrons. The molecule has 3 fully saturated rings. The van der Waals surface area contributed by atoms with Crippen molar-refractivity contribution >= 4 is 34.5 Å². The lowest BCUT2D eigenvalue weighted by atomic mass is 9.45. The minimum absolute atomic E-state index is 0.0497. The van der Waals surface area contributed by atoms with Crippen LogP contribution >= 0.6 is 0 Å². The first-order valence-corrected chi connectivity index (χ1v) is 20.1. The average molecular weight is 505 g/mol. The van der Waals surface area contributed by atoms with E-state index in [2.05, 4.69) is 46.2 Å². The van der Waals surface area contributed by atoms with Crippen molar-refractivity contribution in [1.29, 1.82) is 0 Å². The van der Waals surface area contributed by atoms with Gasteiger partial charge >= 0.3 is 0 Å². The number of hydrogen-bond donors (Lipinski definition) is 0. The Morgan fingerprint density at radius 2 is 1.79 bits per heavy atom. The molecule has 0 saturated heterocycles. The molecule has 7 heteroatoms. The van der Waals surface area contributed by atoms with Gasteiger partial charge in [-0.3, -0.25) is 9.59 Å². The molecule has 0 bridgehead atoms. The molecule has 0 aromatic carbocycles. The number of carbonyl (C=O) groups excluding carboxylic acids is 3. The third-order valence-corrected chi connectivity index (χ3v) is 11.3. The monoisotopic (exact) mass is 504 g/mol. The van der Waals surface area contributed by atoms with E-state index < -0.39 is 22.0 Å². The van der Waals surface area contributed by atoms with Crippen LogP contribution in [0.3, 0.4) is 0 Å². The van der Waals surface area contributed by atoms with Gasteiger partial charge in [0.25, 0.3) is 0 Å². The summed E-state index contributed by atoms with van der Waals surface area (Å²) in [5.74, 6) is 0.962. The van der Waals surface area contributed by atoms with Gasteiger partial charge in [0.05, 0.1) is 6.61 Å². The minimum Gasteiger partial charge on any atom is -0.414 e. The summed E-state index contributed by atoms with van der Waals surface area (Å²) in [4.78, 5) is 38.7. The quantitative estimate of drug-likeness (QED) is 0.335. The molecule has 5 nitrogen and oxygen atoms in total. The van der Waals surface area contributed by atoms with E-state index in [0.29, 0.717) is 24.7 Å². The first-order chi connectivity index (χ1) is 15.7. The Labute approximate surface area is 207 Å². The third kappa shape index (κ3) is 4.62. The van der Waals surface area contributed by atoms with Crippen molar-refractivity contribution in [3.63, 3.8) is 0 Å². The van der Waals surface area contributed by atoms with Crippen molar-refractivity contribution in [1.82, 2.24) is 0 Å². The highest BCUT2D eigenvalue weighted by Crippen LogP contribution is 2.67. The van der Waals surface area contributed by atoms with E-state index in [-0.39, 0.29) is 41.5 Å². The average Bonchev–Trinajstić information content (AvgIpc) is 3.10. The molecule has 34 heavy (non-hydrogen) atoms. The van der Waals surface area contributed by atoms with Crippen molar-refractivity contribution in [3.05, 3.63) is 11.6 Å². The molecule has 0 radical (unpaired) electrons. The first kappa shape index (κ1) is 26.2. The highest BCUT2D eigenvalue weighted by molar-refractivity contribution is 6.70. The summed E-state index contributed by atoms with van der Waals surface area (Å²) in [6.45, 7) is 15.4. The van der Waals surface area contributed by atoms with Crippen LogP contribution in [0.4, 0.5) is 0 Å². The van der Waals surface area contributed by atoms with E-state index in [4.69, 9.17) is 8.85 Å². The van der Waals surface area contributed by atoms with Crippen LogP contribution in [0.25, 0.3) is 0 Å². The molecule has 0 aromatic heterocycles. The Balaban J connectivity index is 1.72. The highest BCUT2D eigenvalue weighted by Gasteiger charge is 2.65. The van der Waals surface area contributed by atoms with Crippen LogP contribution in [0.2, 0.25) is 39.3 Å². The maximum Gasteiger partial charge on any atom is 0.184 e. The molecule has 3 saturated carbocycles. The molecular formula is C27H44O5Si2. The van der Waals surface area contributed by atoms with Crippen molar-refractivity contribution in [2.75, 3.05) is 6.61 Å². The SMILES string of the molecule is C[C@]12CCC(=O)C=C1CC[C@H]1[C@@H]3CC[C@H](C(=O)CO[Si](C)(C)C)[C@@]3(C=O)CC(O[Si](C)(C)C)[C@@H]12. The Morgan fingerprint density at radius 1 is 1.09 bits per heavy atom. The van der Waals surface area contributed by atoms with E-state index >= 15 is 0 Å². The Morgan fingerprint density at radius 3 is 2.41 bits per heavy atom. The van der Waals surface area contributed by atoms with Crippen molar-refractivity contribution in [2.24, 2.45) is 34.5 Å². The lowest BCUT2D eigenvalue weighted by Gasteiger charge is -2.60. The van der Waals surface area contributed by atoms with Crippen LogP contribution in [0.5, 0.6) is 0 Å². The fourth-order valence-electron chi connectivity index (χ4n) is 7.98. The number of aldehydes is 1. The molecule has 4 aliphatic carbocycles. The second-order valence-corrected chi connectivity index (χ2v) is 22.6. The minimum atomic E-state index is -1.91. The summed E-state index contributed by atoms with van der Waals surface area (Å²) in [7, 11) is -3.73. The predicted molar refractivity (Wildman–Crippen MR) is 138 cm³/mol. The zero-order valence-corrected chi connectivity index (χ0v) is 24.2. The maximum absolute atomic E-state index is 13.4. The summed E-state index contributed by atoms with van der Waals surface area (Å²) < 4.78 is 12.9. The predicted octanol–water partition coefficient (Wildman–Crippen LogP) is 5.56. The van der Waals surface area contributed by atoms with Crippen LogP contribution in [-0.2, 0) is 23.2 Å². The van der Waals surface area contributed by atoms with Crippen LogP contribution < -0.4 is 0 Å². The molecule has 4 aliphatic rings. The molecule has 0 aliphatic heterocycles. The first-order valence-electron chi connectivity index (χ1n) is 13.2. The van der Waals surface area contributed by atoms with Gasteiger partial charge in [-0.05, 0) is 107 Å². The molecule has 0 aromatic rings. The zero-order valence-electron chi connectivity index (χ0n) is 22.2. The number of fused-ring (bicyclic) bond motifs is 5.